The Morgan fingerprint density at radius 2 is 2.14 bits per heavy atom. The molecule has 0 aliphatic carbocycles. The Bertz CT molecular complexity index is 660. The minimum absolute atomic E-state index is 0. The second-order valence-corrected chi connectivity index (χ2v) is 7.92. The van der Waals surface area contributed by atoms with Crippen molar-refractivity contribution in [3.8, 4) is 5.75 Å². The van der Waals surface area contributed by atoms with Gasteiger partial charge in [0.1, 0.15) is 5.75 Å². The number of guanidine groups is 1. The molecule has 29 heavy (non-hydrogen) atoms. The summed E-state index contributed by atoms with van der Waals surface area (Å²) in [5.74, 6) is 1.91. The summed E-state index contributed by atoms with van der Waals surface area (Å²) >= 11 is 0. The van der Waals surface area contributed by atoms with Gasteiger partial charge in [0.2, 0.25) is 0 Å². The van der Waals surface area contributed by atoms with Crippen molar-refractivity contribution in [1.29, 1.82) is 0 Å². The van der Waals surface area contributed by atoms with E-state index in [0.29, 0.717) is 5.41 Å². The van der Waals surface area contributed by atoms with Gasteiger partial charge in [0.25, 0.3) is 0 Å². The van der Waals surface area contributed by atoms with Crippen molar-refractivity contribution in [1.82, 2.24) is 15.1 Å². The molecule has 164 valence electrons. The first kappa shape index (κ1) is 24.2. The average Bonchev–Trinajstić information content (AvgIpc) is 3.37. The molecule has 0 aromatic heterocycles. The highest BCUT2D eigenvalue weighted by atomic mass is 127. The number of hydrogen-bond acceptors (Lipinski definition) is 4. The fourth-order valence-corrected chi connectivity index (χ4v) is 4.58. The summed E-state index contributed by atoms with van der Waals surface area (Å²) < 4.78 is 11.1. The summed E-state index contributed by atoms with van der Waals surface area (Å²) in [6, 6.07) is 8.69. The van der Waals surface area contributed by atoms with Crippen molar-refractivity contribution in [3.63, 3.8) is 0 Å². The molecule has 7 heteroatoms. The van der Waals surface area contributed by atoms with E-state index in [2.05, 4.69) is 52.2 Å². The van der Waals surface area contributed by atoms with Gasteiger partial charge in [-0.05, 0) is 43.6 Å². The van der Waals surface area contributed by atoms with Gasteiger partial charge in [-0.25, -0.2) is 0 Å². The van der Waals surface area contributed by atoms with Crippen molar-refractivity contribution >= 4 is 29.9 Å². The van der Waals surface area contributed by atoms with Crippen molar-refractivity contribution in [3.05, 3.63) is 29.8 Å². The number of nitrogens with one attached hydrogen (secondary N) is 1. The molecule has 1 aromatic carbocycles. The van der Waals surface area contributed by atoms with Crippen LogP contribution in [0, 0.1) is 5.41 Å². The molecule has 1 aromatic rings. The summed E-state index contributed by atoms with van der Waals surface area (Å²) in [6.45, 7) is 11.2. The van der Waals surface area contributed by atoms with E-state index in [0.717, 1.165) is 57.6 Å². The van der Waals surface area contributed by atoms with Crippen LogP contribution in [0.15, 0.2) is 29.3 Å². The minimum Gasteiger partial charge on any atom is -0.497 e. The number of aliphatic imine (C=N–C) groups is 1. The number of methoxy groups -OCH3 is 1. The number of benzene rings is 1. The van der Waals surface area contributed by atoms with Crippen LogP contribution < -0.4 is 10.1 Å². The van der Waals surface area contributed by atoms with E-state index in [1.54, 1.807) is 7.11 Å². The zero-order valence-electron chi connectivity index (χ0n) is 18.3. The van der Waals surface area contributed by atoms with Gasteiger partial charge in [0.15, 0.2) is 5.96 Å². The second kappa shape index (κ2) is 11.4. The molecular weight excluding hydrogens is 479 g/mol. The monoisotopic (exact) mass is 516 g/mol. The van der Waals surface area contributed by atoms with Crippen LogP contribution in [0.3, 0.4) is 0 Å². The first-order chi connectivity index (χ1) is 13.6. The van der Waals surface area contributed by atoms with Crippen LogP contribution in [-0.2, 0) is 4.74 Å². The van der Waals surface area contributed by atoms with Gasteiger partial charge in [0.05, 0.1) is 19.8 Å². The Hall–Kier alpha value is -1.06. The number of halogens is 1. The quantitative estimate of drug-likeness (QED) is 0.342. The zero-order chi connectivity index (χ0) is 20.0. The molecule has 0 amide bonds. The lowest BCUT2D eigenvalue weighted by atomic mass is 9.87. The van der Waals surface area contributed by atoms with Gasteiger partial charge in [-0.15, -0.1) is 24.0 Å². The van der Waals surface area contributed by atoms with Crippen molar-refractivity contribution in [2.45, 2.75) is 32.7 Å². The highest BCUT2D eigenvalue weighted by Crippen LogP contribution is 2.38. The Morgan fingerprint density at radius 3 is 2.76 bits per heavy atom. The summed E-state index contributed by atoms with van der Waals surface area (Å²) in [5, 5.41) is 3.66. The predicted octanol–water partition coefficient (Wildman–Crippen LogP) is 3.38. The standard InChI is InChI=1S/C22H36N4O2.HI/c1-5-25(6-2)20(18-8-7-9-19(14-18)27-4)15-24-21(23-3)26-12-10-22(16-26)11-13-28-17-22;/h7-9,14,20H,5-6,10-13,15-17H2,1-4H3,(H,23,24);1H. The minimum atomic E-state index is 0. The van der Waals surface area contributed by atoms with Crippen LogP contribution in [-0.4, -0.2) is 75.9 Å². The van der Waals surface area contributed by atoms with Crippen molar-refractivity contribution in [2.24, 2.45) is 10.4 Å². The SMILES string of the molecule is CCN(CC)C(CNC(=NC)N1CCC2(CCOC2)C1)c1cccc(OC)c1.I. The Morgan fingerprint density at radius 1 is 1.34 bits per heavy atom. The van der Waals surface area contributed by atoms with E-state index in [1.807, 2.05) is 13.1 Å². The number of nitrogens with zero attached hydrogens (tertiary/aromatic N) is 3. The van der Waals surface area contributed by atoms with Gasteiger partial charge in [-0.3, -0.25) is 9.89 Å². The highest BCUT2D eigenvalue weighted by Gasteiger charge is 2.42. The molecular formula is C22H37IN4O2. The first-order valence-corrected chi connectivity index (χ1v) is 10.6. The third-order valence-electron chi connectivity index (χ3n) is 6.32. The van der Waals surface area contributed by atoms with Gasteiger partial charge in [-0.2, -0.15) is 0 Å². The number of rotatable bonds is 7. The largest absolute Gasteiger partial charge is 0.497 e. The predicted molar refractivity (Wildman–Crippen MR) is 129 cm³/mol. The molecule has 1 spiro atoms. The molecule has 2 heterocycles. The summed E-state index contributed by atoms with van der Waals surface area (Å²) in [7, 11) is 3.61. The van der Waals surface area contributed by atoms with Crippen LogP contribution in [0.2, 0.25) is 0 Å². The molecule has 2 fully saturated rings. The third kappa shape index (κ3) is 5.76. The van der Waals surface area contributed by atoms with Crippen LogP contribution in [0.1, 0.15) is 38.3 Å². The Balaban J connectivity index is 0.00000300. The van der Waals surface area contributed by atoms with Crippen LogP contribution in [0.25, 0.3) is 0 Å². The molecule has 2 atom stereocenters. The lowest BCUT2D eigenvalue weighted by Crippen LogP contribution is -2.45. The zero-order valence-corrected chi connectivity index (χ0v) is 20.6. The third-order valence-corrected chi connectivity index (χ3v) is 6.32. The van der Waals surface area contributed by atoms with E-state index in [-0.39, 0.29) is 30.0 Å². The van der Waals surface area contributed by atoms with E-state index < -0.39 is 0 Å². The van der Waals surface area contributed by atoms with Crippen LogP contribution >= 0.6 is 24.0 Å². The molecule has 0 bridgehead atoms. The lowest BCUT2D eigenvalue weighted by Gasteiger charge is -2.32. The number of likely N-dealkylation sites (N-methyl/N-ethyl adjacent to an activating group) is 1. The molecule has 2 aliphatic heterocycles. The van der Waals surface area contributed by atoms with E-state index in [9.17, 15) is 0 Å². The molecule has 0 saturated carbocycles. The van der Waals surface area contributed by atoms with Crippen molar-refractivity contribution < 1.29 is 9.47 Å². The van der Waals surface area contributed by atoms with Gasteiger partial charge in [-0.1, -0.05) is 26.0 Å². The maximum Gasteiger partial charge on any atom is 0.193 e. The van der Waals surface area contributed by atoms with Crippen LogP contribution in [0.4, 0.5) is 0 Å². The molecule has 1 N–H and O–H groups in total. The Kier molecular flexibility index (Phi) is 9.49. The molecule has 2 aliphatic rings. The average molecular weight is 516 g/mol. The maximum absolute atomic E-state index is 5.68. The summed E-state index contributed by atoms with van der Waals surface area (Å²) in [4.78, 5) is 9.46. The van der Waals surface area contributed by atoms with E-state index in [1.165, 1.54) is 18.4 Å². The fraction of sp³-hybridized carbons (Fsp3) is 0.682. The van der Waals surface area contributed by atoms with Crippen molar-refractivity contribution in [2.75, 3.05) is 60.1 Å². The summed E-state index contributed by atoms with van der Waals surface area (Å²) in [5.41, 5.74) is 1.61. The first-order valence-electron chi connectivity index (χ1n) is 10.6. The molecule has 3 rings (SSSR count). The second-order valence-electron chi connectivity index (χ2n) is 7.92. The maximum atomic E-state index is 5.68. The van der Waals surface area contributed by atoms with E-state index >= 15 is 0 Å². The van der Waals surface area contributed by atoms with Gasteiger partial charge in [0, 0.05) is 38.7 Å². The van der Waals surface area contributed by atoms with Gasteiger partial charge >= 0.3 is 0 Å². The molecule has 2 saturated heterocycles. The lowest BCUT2D eigenvalue weighted by molar-refractivity contribution is 0.156. The molecule has 6 nitrogen and oxygen atoms in total. The molecule has 2 unspecified atom stereocenters. The smallest absolute Gasteiger partial charge is 0.193 e. The van der Waals surface area contributed by atoms with Crippen LogP contribution in [0.5, 0.6) is 5.75 Å². The number of hydrogen-bond donors (Lipinski definition) is 1. The number of ether oxygens (including phenoxy) is 2. The van der Waals surface area contributed by atoms with E-state index in [4.69, 9.17) is 9.47 Å². The Labute approximate surface area is 193 Å². The summed E-state index contributed by atoms with van der Waals surface area (Å²) in [6.07, 6.45) is 2.37. The highest BCUT2D eigenvalue weighted by molar-refractivity contribution is 14.0. The number of likely N-dealkylation sites (tertiary alicyclic amines) is 1. The topological polar surface area (TPSA) is 49.3 Å². The fourth-order valence-electron chi connectivity index (χ4n) is 4.58. The van der Waals surface area contributed by atoms with Gasteiger partial charge < -0.3 is 19.7 Å². The molecule has 0 radical (unpaired) electrons. The normalized spacial score (nSPS) is 22.8.